The van der Waals surface area contributed by atoms with Crippen molar-refractivity contribution in [3.8, 4) is 0 Å². The van der Waals surface area contributed by atoms with Gasteiger partial charge in [-0.3, -0.25) is 4.90 Å². The molecule has 1 fully saturated rings. The minimum Gasteiger partial charge on any atom is -0.308 e. The molecule has 1 aliphatic rings. The van der Waals surface area contributed by atoms with Crippen LogP contribution in [-0.4, -0.2) is 22.5 Å². The fourth-order valence-electron chi connectivity index (χ4n) is 3.00. The Balaban J connectivity index is 2.05. The molecule has 1 aliphatic carbocycles. The molecule has 0 unspecified atom stereocenters. The van der Waals surface area contributed by atoms with E-state index in [1.165, 1.54) is 44.2 Å². The van der Waals surface area contributed by atoms with Crippen LogP contribution in [0.25, 0.3) is 0 Å². The molecule has 0 atom stereocenters. The Kier molecular flexibility index (Phi) is 5.80. The lowest BCUT2D eigenvalue weighted by Gasteiger charge is -2.30. The third kappa shape index (κ3) is 4.18. The van der Waals surface area contributed by atoms with Gasteiger partial charge in [0.15, 0.2) is 0 Å². The van der Waals surface area contributed by atoms with Gasteiger partial charge in [0.1, 0.15) is 5.82 Å². The maximum atomic E-state index is 5.57. The highest BCUT2D eigenvalue weighted by molar-refractivity contribution is 5.42. The average molecular weight is 276 g/mol. The fourth-order valence-corrected chi connectivity index (χ4v) is 3.00. The number of pyridine rings is 1. The van der Waals surface area contributed by atoms with E-state index in [1.54, 1.807) is 6.20 Å². The van der Waals surface area contributed by atoms with Crippen LogP contribution in [0.15, 0.2) is 18.3 Å². The van der Waals surface area contributed by atoms with E-state index in [2.05, 4.69) is 35.2 Å². The van der Waals surface area contributed by atoms with E-state index in [-0.39, 0.29) is 0 Å². The fraction of sp³-hybridized carbons (Fsp3) is 0.688. The van der Waals surface area contributed by atoms with Crippen LogP contribution < -0.4 is 11.3 Å². The molecule has 1 aromatic rings. The van der Waals surface area contributed by atoms with Gasteiger partial charge in [0.05, 0.1) is 0 Å². The van der Waals surface area contributed by atoms with Crippen molar-refractivity contribution in [2.24, 2.45) is 11.8 Å². The van der Waals surface area contributed by atoms with Gasteiger partial charge in [0, 0.05) is 24.3 Å². The van der Waals surface area contributed by atoms with Crippen LogP contribution in [0.5, 0.6) is 0 Å². The first-order valence-electron chi connectivity index (χ1n) is 7.85. The summed E-state index contributed by atoms with van der Waals surface area (Å²) in [5, 5.41) is 0. The molecule has 0 amide bonds. The molecule has 1 aromatic heterocycles. The van der Waals surface area contributed by atoms with Gasteiger partial charge in [0.25, 0.3) is 0 Å². The number of nitrogen functional groups attached to an aromatic ring is 1. The van der Waals surface area contributed by atoms with E-state index in [9.17, 15) is 0 Å². The van der Waals surface area contributed by atoms with Crippen molar-refractivity contribution in [2.75, 3.05) is 12.0 Å². The van der Waals surface area contributed by atoms with Crippen molar-refractivity contribution < 1.29 is 0 Å². The first-order chi connectivity index (χ1) is 9.70. The third-order valence-electron chi connectivity index (χ3n) is 4.24. The van der Waals surface area contributed by atoms with Crippen LogP contribution in [-0.2, 0) is 6.54 Å². The lowest BCUT2D eigenvalue weighted by atomic mass is 10.1. The summed E-state index contributed by atoms with van der Waals surface area (Å²) in [4.78, 5) is 6.94. The molecule has 4 heteroatoms. The molecule has 0 radical (unpaired) electrons. The first kappa shape index (κ1) is 15.3. The summed E-state index contributed by atoms with van der Waals surface area (Å²) in [6.07, 6.45) is 8.46. The van der Waals surface area contributed by atoms with Crippen molar-refractivity contribution in [3.05, 3.63) is 23.9 Å². The summed E-state index contributed by atoms with van der Waals surface area (Å²) < 4.78 is 0. The molecule has 0 saturated heterocycles. The van der Waals surface area contributed by atoms with E-state index >= 15 is 0 Å². The Morgan fingerprint density at radius 3 is 2.80 bits per heavy atom. The van der Waals surface area contributed by atoms with Gasteiger partial charge in [-0.25, -0.2) is 10.8 Å². The van der Waals surface area contributed by atoms with Crippen molar-refractivity contribution >= 4 is 5.82 Å². The summed E-state index contributed by atoms with van der Waals surface area (Å²) in [5.41, 5.74) is 3.92. The highest BCUT2D eigenvalue weighted by Crippen LogP contribution is 2.26. The molecule has 4 nitrogen and oxygen atoms in total. The van der Waals surface area contributed by atoms with Gasteiger partial charge in [0.2, 0.25) is 0 Å². The predicted molar refractivity (Wildman–Crippen MR) is 84.2 cm³/mol. The number of rotatable bonds is 7. The molecule has 1 heterocycles. The number of nitrogens with one attached hydrogen (secondary N) is 1. The zero-order chi connectivity index (χ0) is 14.4. The van der Waals surface area contributed by atoms with Gasteiger partial charge < -0.3 is 5.43 Å². The predicted octanol–water partition coefficient (Wildman–Crippen LogP) is 3.16. The monoisotopic (exact) mass is 276 g/mol. The second-order valence-corrected chi connectivity index (χ2v) is 6.25. The smallest absolute Gasteiger partial charge is 0.144 e. The minimum absolute atomic E-state index is 0.736. The highest BCUT2D eigenvalue weighted by atomic mass is 15.3. The van der Waals surface area contributed by atoms with Gasteiger partial charge in [-0.1, -0.05) is 32.8 Å². The Morgan fingerprint density at radius 2 is 2.15 bits per heavy atom. The van der Waals surface area contributed by atoms with Gasteiger partial charge >= 0.3 is 0 Å². The quantitative estimate of drug-likeness (QED) is 0.593. The van der Waals surface area contributed by atoms with Crippen LogP contribution >= 0.6 is 0 Å². The summed E-state index contributed by atoms with van der Waals surface area (Å²) in [5.74, 6) is 7.13. The van der Waals surface area contributed by atoms with Crippen molar-refractivity contribution in [2.45, 2.75) is 58.5 Å². The molecule has 2 rings (SSSR count). The van der Waals surface area contributed by atoms with Gasteiger partial charge in [-0.2, -0.15) is 0 Å². The van der Waals surface area contributed by atoms with Crippen molar-refractivity contribution in [1.82, 2.24) is 9.88 Å². The van der Waals surface area contributed by atoms with E-state index in [0.29, 0.717) is 0 Å². The van der Waals surface area contributed by atoms with Crippen molar-refractivity contribution in [1.29, 1.82) is 0 Å². The number of hydrogen-bond acceptors (Lipinski definition) is 4. The molecule has 0 aromatic carbocycles. The molecule has 3 N–H and O–H groups in total. The number of hydrogen-bond donors (Lipinski definition) is 2. The Hall–Kier alpha value is -1.13. The average Bonchev–Trinajstić information content (AvgIpc) is 2.97. The van der Waals surface area contributed by atoms with Crippen LogP contribution in [0.1, 0.15) is 51.5 Å². The maximum absolute atomic E-state index is 5.57. The lowest BCUT2D eigenvalue weighted by Crippen LogP contribution is -2.34. The van der Waals surface area contributed by atoms with E-state index in [4.69, 9.17) is 5.84 Å². The number of nitrogens with two attached hydrogens (primary N) is 1. The molecule has 0 aliphatic heterocycles. The number of aromatic nitrogens is 1. The van der Waals surface area contributed by atoms with E-state index in [0.717, 1.165) is 24.3 Å². The lowest BCUT2D eigenvalue weighted by molar-refractivity contribution is 0.179. The Morgan fingerprint density at radius 1 is 1.40 bits per heavy atom. The first-order valence-corrected chi connectivity index (χ1v) is 7.85. The van der Waals surface area contributed by atoms with Gasteiger partial charge in [-0.15, -0.1) is 0 Å². The van der Waals surface area contributed by atoms with Crippen LogP contribution in [0.3, 0.4) is 0 Å². The second-order valence-electron chi connectivity index (χ2n) is 6.25. The minimum atomic E-state index is 0.736. The van der Waals surface area contributed by atoms with Crippen molar-refractivity contribution in [3.63, 3.8) is 0 Å². The van der Waals surface area contributed by atoms with Gasteiger partial charge in [-0.05, 0) is 37.8 Å². The zero-order valence-electron chi connectivity index (χ0n) is 12.8. The topological polar surface area (TPSA) is 54.2 Å². The number of nitrogens with zero attached hydrogens (tertiary/aromatic N) is 2. The zero-order valence-corrected chi connectivity index (χ0v) is 12.8. The molecule has 0 bridgehead atoms. The normalized spacial score (nSPS) is 16.2. The molecular weight excluding hydrogens is 248 g/mol. The summed E-state index contributed by atoms with van der Waals surface area (Å²) in [6.45, 7) is 6.71. The highest BCUT2D eigenvalue weighted by Gasteiger charge is 2.23. The van der Waals surface area contributed by atoms with E-state index in [1.807, 2.05) is 6.07 Å². The molecule has 20 heavy (non-hydrogen) atoms. The molecule has 112 valence electrons. The Bertz CT molecular complexity index is 399. The molecular formula is C16H28N4. The van der Waals surface area contributed by atoms with Crippen LogP contribution in [0.4, 0.5) is 5.82 Å². The summed E-state index contributed by atoms with van der Waals surface area (Å²) in [7, 11) is 0. The molecule has 1 saturated carbocycles. The standard InChI is InChI=1S/C16H28N4/c1-13(2)9-11-20(15-7-3-4-8-15)12-14-6-5-10-18-16(14)19-17/h5-6,10,13,15H,3-4,7-9,11-12,17H2,1-2H3,(H,18,19). The van der Waals surface area contributed by atoms with Crippen LogP contribution in [0.2, 0.25) is 0 Å². The summed E-state index contributed by atoms with van der Waals surface area (Å²) in [6, 6.07) is 4.85. The van der Waals surface area contributed by atoms with E-state index < -0.39 is 0 Å². The second kappa shape index (κ2) is 7.60. The van der Waals surface area contributed by atoms with Crippen LogP contribution in [0, 0.1) is 5.92 Å². The Labute approximate surface area is 122 Å². The molecule has 0 spiro atoms. The number of anilines is 1. The third-order valence-corrected chi connectivity index (χ3v) is 4.24. The number of hydrazine groups is 1. The SMILES string of the molecule is CC(C)CCN(Cc1cccnc1NN)C1CCCC1. The summed E-state index contributed by atoms with van der Waals surface area (Å²) >= 11 is 0. The largest absolute Gasteiger partial charge is 0.308 e. The maximum Gasteiger partial charge on any atom is 0.144 e.